The van der Waals surface area contributed by atoms with Gasteiger partial charge in [0.05, 0.1) is 33.3 Å². The fourth-order valence-corrected chi connectivity index (χ4v) is 1.61. The van der Waals surface area contributed by atoms with Crippen LogP contribution in [0.1, 0.15) is 18.0 Å². The number of phenolic OH excluding ortho intramolecular Hbond substituents is 1. The molecule has 108 valence electrons. The normalized spacial score (nSPS) is 11.2. The summed E-state index contributed by atoms with van der Waals surface area (Å²) in [7, 11) is 4.20. The summed E-state index contributed by atoms with van der Waals surface area (Å²) in [5.41, 5.74) is 6.21. The molecule has 0 spiro atoms. The van der Waals surface area contributed by atoms with Crippen molar-refractivity contribution in [2.24, 2.45) is 5.73 Å². The van der Waals surface area contributed by atoms with E-state index in [0.717, 1.165) is 0 Å². The minimum atomic E-state index is -0.710. The summed E-state index contributed by atoms with van der Waals surface area (Å²) in [6.07, 6.45) is -0.0489. The van der Waals surface area contributed by atoms with Gasteiger partial charge in [-0.15, -0.1) is 12.4 Å². The Morgan fingerprint density at radius 3 is 2.42 bits per heavy atom. The predicted molar refractivity (Wildman–Crippen MR) is 72.0 cm³/mol. The zero-order valence-corrected chi connectivity index (χ0v) is 11.8. The summed E-state index contributed by atoms with van der Waals surface area (Å²) in [6.45, 7) is 0. The lowest BCUT2D eigenvalue weighted by Crippen LogP contribution is -2.17. The molecule has 1 rings (SSSR count). The van der Waals surface area contributed by atoms with Crippen LogP contribution in [-0.2, 0) is 9.53 Å². The Kier molecular flexibility index (Phi) is 7.03. The Bertz CT molecular complexity index is 438. The van der Waals surface area contributed by atoms with Gasteiger partial charge in [0.25, 0.3) is 0 Å². The number of esters is 1. The first-order valence-corrected chi connectivity index (χ1v) is 5.30. The Hall–Kier alpha value is -1.66. The molecular weight excluding hydrogens is 274 g/mol. The zero-order chi connectivity index (χ0) is 13.7. The highest BCUT2D eigenvalue weighted by Crippen LogP contribution is 2.37. The molecule has 0 fully saturated rings. The van der Waals surface area contributed by atoms with Crippen molar-refractivity contribution in [3.63, 3.8) is 0 Å². The molecule has 1 aromatic rings. The van der Waals surface area contributed by atoms with E-state index in [2.05, 4.69) is 4.74 Å². The molecule has 0 heterocycles. The Morgan fingerprint density at radius 2 is 1.95 bits per heavy atom. The summed E-state index contributed by atoms with van der Waals surface area (Å²) in [6, 6.07) is 2.29. The lowest BCUT2D eigenvalue weighted by molar-refractivity contribution is -0.141. The first-order chi connectivity index (χ1) is 8.53. The molecule has 0 aliphatic heterocycles. The van der Waals surface area contributed by atoms with Crippen LogP contribution in [0.15, 0.2) is 12.1 Å². The van der Waals surface area contributed by atoms with Crippen LogP contribution in [0, 0.1) is 0 Å². The van der Waals surface area contributed by atoms with Gasteiger partial charge in [-0.3, -0.25) is 4.79 Å². The minimum absolute atomic E-state index is 0. The van der Waals surface area contributed by atoms with Crippen LogP contribution in [0.25, 0.3) is 0 Å². The van der Waals surface area contributed by atoms with E-state index in [1.165, 1.54) is 27.4 Å². The van der Waals surface area contributed by atoms with Crippen molar-refractivity contribution in [3.8, 4) is 17.2 Å². The average molecular weight is 292 g/mol. The molecule has 1 aromatic carbocycles. The van der Waals surface area contributed by atoms with Crippen LogP contribution in [0.4, 0.5) is 0 Å². The maximum atomic E-state index is 11.2. The topological polar surface area (TPSA) is 91.0 Å². The van der Waals surface area contributed by atoms with Gasteiger partial charge in [-0.2, -0.15) is 0 Å². The second-order valence-electron chi connectivity index (χ2n) is 3.65. The number of carbonyl (C=O) groups is 1. The number of hydrogen-bond donors (Lipinski definition) is 2. The van der Waals surface area contributed by atoms with E-state index in [4.69, 9.17) is 15.2 Å². The van der Waals surface area contributed by atoms with E-state index in [-0.39, 0.29) is 24.6 Å². The van der Waals surface area contributed by atoms with E-state index in [1.54, 1.807) is 6.07 Å². The summed E-state index contributed by atoms with van der Waals surface area (Å²) >= 11 is 0. The molecule has 0 radical (unpaired) electrons. The molecule has 3 N–H and O–H groups in total. The van der Waals surface area contributed by atoms with Crippen LogP contribution in [-0.4, -0.2) is 32.4 Å². The maximum Gasteiger partial charge on any atom is 0.307 e. The average Bonchev–Trinajstić information content (AvgIpc) is 2.36. The molecule has 6 nitrogen and oxygen atoms in total. The third-order valence-corrected chi connectivity index (χ3v) is 2.53. The molecule has 7 heteroatoms. The fourth-order valence-electron chi connectivity index (χ4n) is 1.61. The molecule has 0 aliphatic carbocycles. The van der Waals surface area contributed by atoms with Crippen molar-refractivity contribution in [2.75, 3.05) is 21.3 Å². The largest absolute Gasteiger partial charge is 0.507 e. The quantitative estimate of drug-likeness (QED) is 0.797. The zero-order valence-electron chi connectivity index (χ0n) is 11.0. The number of halogens is 1. The van der Waals surface area contributed by atoms with Gasteiger partial charge >= 0.3 is 5.97 Å². The molecule has 0 saturated heterocycles. The summed E-state index contributed by atoms with van der Waals surface area (Å²) < 4.78 is 14.7. The number of aromatic hydroxyl groups is 1. The standard InChI is InChI=1S/C12H17NO5.ClH/c1-16-7-4-9(14)12(10(5-7)17-2)8(13)6-11(15)18-3;/h4-5,8,14H,6,13H2,1-3H3;1H/t8-;/m0./s1. The first kappa shape index (κ1) is 17.3. The van der Waals surface area contributed by atoms with Crippen LogP contribution in [0.5, 0.6) is 17.2 Å². The van der Waals surface area contributed by atoms with Crippen LogP contribution in [0.2, 0.25) is 0 Å². The van der Waals surface area contributed by atoms with Crippen molar-refractivity contribution in [3.05, 3.63) is 17.7 Å². The van der Waals surface area contributed by atoms with Gasteiger partial charge < -0.3 is 25.1 Å². The molecule has 0 unspecified atom stereocenters. The lowest BCUT2D eigenvalue weighted by Gasteiger charge is -2.17. The highest BCUT2D eigenvalue weighted by molar-refractivity contribution is 5.85. The first-order valence-electron chi connectivity index (χ1n) is 5.30. The third kappa shape index (κ3) is 4.18. The van der Waals surface area contributed by atoms with Gasteiger partial charge in [0.2, 0.25) is 0 Å². The van der Waals surface area contributed by atoms with E-state index in [1.807, 2.05) is 0 Å². The van der Waals surface area contributed by atoms with E-state index in [0.29, 0.717) is 17.1 Å². The van der Waals surface area contributed by atoms with Crippen LogP contribution in [0.3, 0.4) is 0 Å². The molecule has 1 atom stereocenters. The van der Waals surface area contributed by atoms with Gasteiger partial charge in [0.15, 0.2) is 0 Å². The van der Waals surface area contributed by atoms with Crippen molar-refractivity contribution in [2.45, 2.75) is 12.5 Å². The van der Waals surface area contributed by atoms with Gasteiger partial charge in [0, 0.05) is 18.2 Å². The maximum absolute atomic E-state index is 11.2. The minimum Gasteiger partial charge on any atom is -0.507 e. The number of methoxy groups -OCH3 is 3. The lowest BCUT2D eigenvalue weighted by atomic mass is 10.0. The van der Waals surface area contributed by atoms with Gasteiger partial charge in [-0.05, 0) is 0 Å². The third-order valence-electron chi connectivity index (χ3n) is 2.53. The van der Waals surface area contributed by atoms with Gasteiger partial charge in [-0.1, -0.05) is 0 Å². The smallest absolute Gasteiger partial charge is 0.307 e. The number of nitrogens with two attached hydrogens (primary N) is 1. The van der Waals surface area contributed by atoms with Gasteiger partial charge in [0.1, 0.15) is 17.2 Å². The number of carbonyl (C=O) groups excluding carboxylic acids is 1. The van der Waals surface area contributed by atoms with E-state index in [9.17, 15) is 9.90 Å². The monoisotopic (exact) mass is 291 g/mol. The predicted octanol–water partition coefficient (Wildman–Crippen LogP) is 1.39. The highest BCUT2D eigenvalue weighted by atomic mass is 35.5. The molecule has 0 aliphatic rings. The number of phenols is 1. The van der Waals surface area contributed by atoms with Crippen molar-refractivity contribution >= 4 is 18.4 Å². The van der Waals surface area contributed by atoms with Crippen molar-refractivity contribution < 1.29 is 24.1 Å². The van der Waals surface area contributed by atoms with E-state index < -0.39 is 12.0 Å². The van der Waals surface area contributed by atoms with Crippen molar-refractivity contribution in [1.82, 2.24) is 0 Å². The van der Waals surface area contributed by atoms with Crippen molar-refractivity contribution in [1.29, 1.82) is 0 Å². The number of hydrogen-bond acceptors (Lipinski definition) is 6. The van der Waals surface area contributed by atoms with Gasteiger partial charge in [-0.25, -0.2) is 0 Å². The van der Waals surface area contributed by atoms with E-state index >= 15 is 0 Å². The Balaban J connectivity index is 0.00000324. The molecule has 19 heavy (non-hydrogen) atoms. The molecule has 0 saturated carbocycles. The number of rotatable bonds is 5. The molecule has 0 amide bonds. The second kappa shape index (κ2) is 7.70. The van der Waals surface area contributed by atoms with Crippen LogP contribution >= 0.6 is 12.4 Å². The number of ether oxygens (including phenoxy) is 3. The SMILES string of the molecule is COC(=O)C[C@H](N)c1c(O)cc(OC)cc1OC.Cl. The summed E-state index contributed by atoms with van der Waals surface area (Å²) in [5.74, 6) is 0.268. The summed E-state index contributed by atoms with van der Waals surface area (Å²) in [4.78, 5) is 11.2. The molecule has 0 aromatic heterocycles. The molecular formula is C12H18ClNO5. The fraction of sp³-hybridized carbons (Fsp3) is 0.417. The number of benzene rings is 1. The second-order valence-corrected chi connectivity index (χ2v) is 3.65. The highest BCUT2D eigenvalue weighted by Gasteiger charge is 2.21. The Morgan fingerprint density at radius 1 is 1.32 bits per heavy atom. The Labute approximate surface area is 117 Å². The van der Waals surface area contributed by atoms with Crippen LogP contribution < -0.4 is 15.2 Å². The molecule has 0 bridgehead atoms. The summed E-state index contributed by atoms with van der Waals surface area (Å²) in [5, 5.41) is 9.90.